The SMILES string of the molecule is Nc1cccnc1-c1cc2cccc(F)c2o1. The van der Waals surface area contributed by atoms with Gasteiger partial charge in [0.1, 0.15) is 5.69 Å². The van der Waals surface area contributed by atoms with Crippen LogP contribution in [-0.4, -0.2) is 4.98 Å². The molecule has 0 unspecified atom stereocenters. The summed E-state index contributed by atoms with van der Waals surface area (Å²) < 4.78 is 18.9. The maximum Gasteiger partial charge on any atom is 0.170 e. The molecule has 0 fully saturated rings. The molecule has 2 N–H and O–H groups in total. The number of rotatable bonds is 1. The molecule has 0 aliphatic carbocycles. The van der Waals surface area contributed by atoms with Crippen molar-refractivity contribution in [3.63, 3.8) is 0 Å². The van der Waals surface area contributed by atoms with Gasteiger partial charge in [0.2, 0.25) is 0 Å². The zero-order valence-electron chi connectivity index (χ0n) is 8.85. The van der Waals surface area contributed by atoms with Crippen LogP contribution in [0.5, 0.6) is 0 Å². The van der Waals surface area contributed by atoms with Crippen LogP contribution in [0, 0.1) is 5.82 Å². The van der Waals surface area contributed by atoms with Crippen molar-refractivity contribution >= 4 is 16.7 Å². The summed E-state index contributed by atoms with van der Waals surface area (Å²) in [6, 6.07) is 9.98. The first-order chi connectivity index (χ1) is 8.25. The van der Waals surface area contributed by atoms with Crippen molar-refractivity contribution in [2.75, 3.05) is 5.73 Å². The number of nitrogen functional groups attached to an aromatic ring is 1. The van der Waals surface area contributed by atoms with E-state index in [4.69, 9.17) is 10.2 Å². The number of para-hydroxylation sites is 1. The van der Waals surface area contributed by atoms with Crippen LogP contribution in [0.4, 0.5) is 10.1 Å². The zero-order chi connectivity index (χ0) is 11.8. The van der Waals surface area contributed by atoms with Crippen LogP contribution in [0.25, 0.3) is 22.4 Å². The molecule has 0 spiro atoms. The van der Waals surface area contributed by atoms with Gasteiger partial charge in [-0.3, -0.25) is 4.98 Å². The van der Waals surface area contributed by atoms with Crippen LogP contribution in [0.2, 0.25) is 0 Å². The van der Waals surface area contributed by atoms with Crippen molar-refractivity contribution in [2.45, 2.75) is 0 Å². The molecule has 4 heteroatoms. The lowest BCUT2D eigenvalue weighted by Gasteiger charge is -1.98. The molecule has 2 heterocycles. The summed E-state index contributed by atoms with van der Waals surface area (Å²) in [4.78, 5) is 4.13. The highest BCUT2D eigenvalue weighted by atomic mass is 19.1. The van der Waals surface area contributed by atoms with Gasteiger partial charge < -0.3 is 10.2 Å². The zero-order valence-corrected chi connectivity index (χ0v) is 8.85. The van der Waals surface area contributed by atoms with E-state index in [1.54, 1.807) is 36.5 Å². The smallest absolute Gasteiger partial charge is 0.170 e. The van der Waals surface area contributed by atoms with E-state index in [0.29, 0.717) is 22.5 Å². The maximum absolute atomic E-state index is 13.5. The average Bonchev–Trinajstić information content (AvgIpc) is 2.75. The van der Waals surface area contributed by atoms with Gasteiger partial charge in [-0.25, -0.2) is 4.39 Å². The number of pyridine rings is 1. The van der Waals surface area contributed by atoms with E-state index in [9.17, 15) is 4.39 Å². The normalized spacial score (nSPS) is 10.9. The Hall–Kier alpha value is -2.36. The highest BCUT2D eigenvalue weighted by molar-refractivity contribution is 5.84. The monoisotopic (exact) mass is 228 g/mol. The molecule has 0 saturated heterocycles. The van der Waals surface area contributed by atoms with Gasteiger partial charge in [-0.1, -0.05) is 12.1 Å². The van der Waals surface area contributed by atoms with Gasteiger partial charge in [-0.2, -0.15) is 0 Å². The Balaban J connectivity index is 2.26. The molecule has 0 atom stereocenters. The van der Waals surface area contributed by atoms with E-state index < -0.39 is 0 Å². The Morgan fingerprint density at radius 1 is 1.18 bits per heavy atom. The highest BCUT2D eigenvalue weighted by Crippen LogP contribution is 2.30. The number of fused-ring (bicyclic) bond motifs is 1. The number of benzene rings is 1. The van der Waals surface area contributed by atoms with Gasteiger partial charge >= 0.3 is 0 Å². The molecular formula is C13H9FN2O. The first kappa shape index (κ1) is 9.84. The van der Waals surface area contributed by atoms with Gasteiger partial charge in [0.05, 0.1) is 5.69 Å². The van der Waals surface area contributed by atoms with E-state index in [0.717, 1.165) is 0 Å². The standard InChI is InChI=1S/C13H9FN2O/c14-9-4-1-3-8-7-11(17-13(8)9)12-10(15)5-2-6-16-12/h1-7H,15H2. The largest absolute Gasteiger partial charge is 0.451 e. The molecule has 0 aliphatic rings. The topological polar surface area (TPSA) is 52.0 Å². The Bertz CT molecular complexity index is 691. The Kier molecular flexibility index (Phi) is 2.08. The van der Waals surface area contributed by atoms with Crippen LogP contribution >= 0.6 is 0 Å². The van der Waals surface area contributed by atoms with Crippen LogP contribution in [-0.2, 0) is 0 Å². The second kappa shape index (κ2) is 3.59. The quantitative estimate of drug-likeness (QED) is 0.695. The van der Waals surface area contributed by atoms with Crippen LogP contribution in [0.1, 0.15) is 0 Å². The van der Waals surface area contributed by atoms with Gasteiger partial charge in [-0.05, 0) is 24.3 Å². The summed E-state index contributed by atoms with van der Waals surface area (Å²) >= 11 is 0. The van der Waals surface area contributed by atoms with Crippen molar-refractivity contribution in [3.8, 4) is 11.5 Å². The second-order valence-electron chi connectivity index (χ2n) is 3.71. The summed E-state index contributed by atoms with van der Waals surface area (Å²) in [6.45, 7) is 0. The first-order valence-electron chi connectivity index (χ1n) is 5.14. The van der Waals surface area contributed by atoms with Crippen molar-refractivity contribution in [2.24, 2.45) is 0 Å². The molecule has 3 nitrogen and oxygen atoms in total. The van der Waals surface area contributed by atoms with E-state index in [2.05, 4.69) is 4.98 Å². The van der Waals surface area contributed by atoms with Gasteiger partial charge in [0.25, 0.3) is 0 Å². The van der Waals surface area contributed by atoms with Crippen molar-refractivity contribution in [3.05, 3.63) is 48.4 Å². The predicted molar refractivity (Wildman–Crippen MR) is 63.8 cm³/mol. The number of nitrogens with two attached hydrogens (primary N) is 1. The van der Waals surface area contributed by atoms with Gasteiger partial charge in [-0.15, -0.1) is 0 Å². The minimum absolute atomic E-state index is 0.229. The number of anilines is 1. The fourth-order valence-electron chi connectivity index (χ4n) is 1.77. The lowest BCUT2D eigenvalue weighted by atomic mass is 10.2. The molecular weight excluding hydrogens is 219 g/mol. The van der Waals surface area contributed by atoms with Crippen molar-refractivity contribution in [1.29, 1.82) is 0 Å². The molecule has 1 aromatic carbocycles. The molecule has 0 radical (unpaired) electrons. The summed E-state index contributed by atoms with van der Waals surface area (Å²) in [6.07, 6.45) is 1.62. The van der Waals surface area contributed by atoms with Crippen molar-refractivity contribution < 1.29 is 8.81 Å². The van der Waals surface area contributed by atoms with Gasteiger partial charge in [0, 0.05) is 11.6 Å². The van der Waals surface area contributed by atoms with Gasteiger partial charge in [0.15, 0.2) is 17.2 Å². The van der Waals surface area contributed by atoms with E-state index in [1.165, 1.54) is 6.07 Å². The number of aromatic nitrogens is 1. The fourth-order valence-corrected chi connectivity index (χ4v) is 1.77. The highest BCUT2D eigenvalue weighted by Gasteiger charge is 2.12. The van der Waals surface area contributed by atoms with E-state index >= 15 is 0 Å². The second-order valence-corrected chi connectivity index (χ2v) is 3.71. The third-order valence-corrected chi connectivity index (χ3v) is 2.57. The molecule has 3 aromatic rings. The molecule has 0 amide bonds. The maximum atomic E-state index is 13.5. The fraction of sp³-hybridized carbons (Fsp3) is 0. The molecule has 0 aliphatic heterocycles. The van der Waals surface area contributed by atoms with Crippen LogP contribution in [0.3, 0.4) is 0 Å². The number of hydrogen-bond acceptors (Lipinski definition) is 3. The molecule has 3 rings (SSSR count). The lowest BCUT2D eigenvalue weighted by Crippen LogP contribution is -1.90. The number of hydrogen-bond donors (Lipinski definition) is 1. The number of halogens is 1. The molecule has 84 valence electrons. The first-order valence-corrected chi connectivity index (χ1v) is 5.14. The minimum atomic E-state index is -0.386. The molecule has 0 bridgehead atoms. The van der Waals surface area contributed by atoms with Crippen molar-refractivity contribution in [1.82, 2.24) is 4.98 Å². The third-order valence-electron chi connectivity index (χ3n) is 2.57. The summed E-state index contributed by atoms with van der Waals surface area (Å²) in [7, 11) is 0. The third kappa shape index (κ3) is 1.54. The van der Waals surface area contributed by atoms with Crippen LogP contribution in [0.15, 0.2) is 47.0 Å². The Morgan fingerprint density at radius 3 is 2.82 bits per heavy atom. The molecule has 17 heavy (non-hydrogen) atoms. The molecule has 0 saturated carbocycles. The molecule has 2 aromatic heterocycles. The number of furan rings is 1. The Morgan fingerprint density at radius 2 is 2.06 bits per heavy atom. The Labute approximate surface area is 96.7 Å². The minimum Gasteiger partial charge on any atom is -0.451 e. The lowest BCUT2D eigenvalue weighted by molar-refractivity contribution is 0.568. The summed E-state index contributed by atoms with van der Waals surface area (Å²) in [5, 5.41) is 0.699. The van der Waals surface area contributed by atoms with Crippen LogP contribution < -0.4 is 5.73 Å². The summed E-state index contributed by atoms with van der Waals surface area (Å²) in [5.74, 6) is 0.0893. The summed E-state index contributed by atoms with van der Waals surface area (Å²) in [5.41, 5.74) is 7.06. The van der Waals surface area contributed by atoms with E-state index in [1.807, 2.05) is 0 Å². The average molecular weight is 228 g/mol. The number of nitrogens with zero attached hydrogens (tertiary/aromatic N) is 1. The predicted octanol–water partition coefficient (Wildman–Crippen LogP) is 3.22. The van der Waals surface area contributed by atoms with E-state index in [-0.39, 0.29) is 11.4 Å².